The van der Waals surface area contributed by atoms with Crippen LogP contribution in [0.5, 0.6) is 0 Å². The van der Waals surface area contributed by atoms with E-state index < -0.39 is 0 Å². The van der Waals surface area contributed by atoms with Gasteiger partial charge in [-0.15, -0.1) is 0 Å². The van der Waals surface area contributed by atoms with E-state index in [2.05, 4.69) is 58.3 Å². The molecule has 0 saturated carbocycles. The van der Waals surface area contributed by atoms with Crippen molar-refractivity contribution in [2.24, 2.45) is 10.9 Å². The Morgan fingerprint density at radius 3 is 2.53 bits per heavy atom. The molecule has 166 valence electrons. The van der Waals surface area contributed by atoms with Crippen LogP contribution in [0.25, 0.3) is 0 Å². The molecule has 2 saturated heterocycles. The minimum absolute atomic E-state index is 0.107. The molecular formula is C23H37N5O2. The average molecular weight is 416 g/mol. The zero-order valence-electron chi connectivity index (χ0n) is 18.6. The minimum atomic E-state index is 0.107. The topological polar surface area (TPSA) is 60.4 Å². The molecule has 0 atom stereocenters. The fourth-order valence-electron chi connectivity index (χ4n) is 4.08. The van der Waals surface area contributed by atoms with Gasteiger partial charge in [-0.25, -0.2) is 4.99 Å². The number of rotatable bonds is 7. The fourth-order valence-corrected chi connectivity index (χ4v) is 4.08. The Balaban J connectivity index is 1.46. The molecule has 0 aromatic heterocycles. The van der Waals surface area contributed by atoms with Crippen molar-refractivity contribution in [3.8, 4) is 0 Å². The lowest BCUT2D eigenvalue weighted by atomic mass is 9.96. The zero-order valence-corrected chi connectivity index (χ0v) is 18.6. The van der Waals surface area contributed by atoms with E-state index in [4.69, 9.17) is 4.74 Å². The van der Waals surface area contributed by atoms with E-state index in [1.807, 2.05) is 11.0 Å². The van der Waals surface area contributed by atoms with Gasteiger partial charge in [0.2, 0.25) is 5.91 Å². The van der Waals surface area contributed by atoms with E-state index in [9.17, 15) is 4.79 Å². The highest BCUT2D eigenvalue weighted by atomic mass is 16.5. The van der Waals surface area contributed by atoms with Gasteiger partial charge < -0.3 is 24.8 Å². The van der Waals surface area contributed by atoms with Crippen molar-refractivity contribution >= 4 is 17.6 Å². The highest BCUT2D eigenvalue weighted by molar-refractivity contribution is 5.85. The van der Waals surface area contributed by atoms with Crippen molar-refractivity contribution < 1.29 is 9.53 Å². The van der Waals surface area contributed by atoms with E-state index in [0.717, 1.165) is 83.6 Å². The lowest BCUT2D eigenvalue weighted by Crippen LogP contribution is -2.49. The number of hydrogen-bond donors (Lipinski definition) is 1. The van der Waals surface area contributed by atoms with E-state index in [1.165, 1.54) is 5.69 Å². The minimum Gasteiger partial charge on any atom is -0.381 e. The first-order valence-electron chi connectivity index (χ1n) is 11.3. The van der Waals surface area contributed by atoms with Gasteiger partial charge in [0.05, 0.1) is 0 Å². The molecule has 1 N–H and O–H groups in total. The molecule has 1 amide bonds. The number of piperazine rings is 1. The Labute approximate surface area is 181 Å². The van der Waals surface area contributed by atoms with Gasteiger partial charge in [-0.3, -0.25) is 4.79 Å². The molecule has 30 heavy (non-hydrogen) atoms. The molecule has 7 heteroatoms. The highest BCUT2D eigenvalue weighted by Crippen LogP contribution is 2.18. The molecule has 0 bridgehead atoms. The Morgan fingerprint density at radius 2 is 1.87 bits per heavy atom. The molecule has 7 nitrogen and oxygen atoms in total. The van der Waals surface area contributed by atoms with Gasteiger partial charge >= 0.3 is 0 Å². The first-order chi connectivity index (χ1) is 14.7. The van der Waals surface area contributed by atoms with Crippen LogP contribution >= 0.6 is 0 Å². The molecule has 0 radical (unpaired) electrons. The summed E-state index contributed by atoms with van der Waals surface area (Å²) in [6.07, 6.45) is 3.43. The second kappa shape index (κ2) is 11.8. The summed E-state index contributed by atoms with van der Waals surface area (Å²) in [5, 5.41) is 3.33. The Kier molecular flexibility index (Phi) is 8.81. The lowest BCUT2D eigenvalue weighted by molar-refractivity contribution is -0.129. The van der Waals surface area contributed by atoms with Gasteiger partial charge in [-0.1, -0.05) is 18.2 Å². The molecular weight excluding hydrogens is 378 g/mol. The van der Waals surface area contributed by atoms with E-state index in [-0.39, 0.29) is 12.5 Å². The van der Waals surface area contributed by atoms with Crippen molar-refractivity contribution in [1.82, 2.24) is 15.1 Å². The first kappa shape index (κ1) is 22.4. The maximum Gasteiger partial charge on any atom is 0.244 e. The summed E-state index contributed by atoms with van der Waals surface area (Å²) < 4.78 is 5.45. The number of nitrogens with one attached hydrogen (secondary N) is 1. The maximum atomic E-state index is 12.7. The summed E-state index contributed by atoms with van der Waals surface area (Å²) in [5.41, 5.74) is 1.23. The largest absolute Gasteiger partial charge is 0.381 e. The van der Waals surface area contributed by atoms with Gasteiger partial charge in [0.25, 0.3) is 0 Å². The van der Waals surface area contributed by atoms with Gasteiger partial charge in [0.1, 0.15) is 6.54 Å². The number of anilines is 1. The van der Waals surface area contributed by atoms with Crippen LogP contribution in [0.1, 0.15) is 26.2 Å². The normalized spacial score (nSPS) is 18.4. The molecule has 1 aromatic rings. The van der Waals surface area contributed by atoms with Crippen LogP contribution in [0, 0.1) is 5.92 Å². The molecule has 2 aliphatic heterocycles. The molecule has 1 aromatic carbocycles. The molecule has 2 heterocycles. The number of para-hydroxylation sites is 1. The molecule has 0 spiro atoms. The third kappa shape index (κ3) is 6.62. The molecule has 3 rings (SSSR count). The van der Waals surface area contributed by atoms with Crippen molar-refractivity contribution in [3.05, 3.63) is 30.3 Å². The number of carbonyl (C=O) groups excluding carboxylic acids is 1. The van der Waals surface area contributed by atoms with Crippen LogP contribution in [-0.2, 0) is 9.53 Å². The fraction of sp³-hybridized carbons (Fsp3) is 0.652. The lowest BCUT2D eigenvalue weighted by Gasteiger charge is -2.36. The molecule has 2 fully saturated rings. The predicted octanol–water partition coefficient (Wildman–Crippen LogP) is 2.05. The highest BCUT2D eigenvalue weighted by Gasteiger charge is 2.21. The van der Waals surface area contributed by atoms with Crippen LogP contribution in [0.3, 0.4) is 0 Å². The summed E-state index contributed by atoms with van der Waals surface area (Å²) in [4.78, 5) is 23.8. The third-order valence-electron chi connectivity index (χ3n) is 6.03. The van der Waals surface area contributed by atoms with Crippen LogP contribution in [0.15, 0.2) is 35.3 Å². The van der Waals surface area contributed by atoms with Crippen LogP contribution in [0.2, 0.25) is 0 Å². The number of hydrogen-bond acceptors (Lipinski definition) is 4. The number of aliphatic imine (C=N–C) groups is 1. The maximum absolute atomic E-state index is 12.7. The predicted molar refractivity (Wildman–Crippen MR) is 122 cm³/mol. The number of benzene rings is 1. The SMILES string of the molecule is CCNC(=NCC(=O)N1CCN(c2ccccc2)CC1)N(C)CCC1CCOCC1. The van der Waals surface area contributed by atoms with Crippen LogP contribution in [0.4, 0.5) is 5.69 Å². The van der Waals surface area contributed by atoms with E-state index >= 15 is 0 Å². The van der Waals surface area contributed by atoms with Crippen molar-refractivity contribution in [2.45, 2.75) is 26.2 Å². The Hall–Kier alpha value is -2.28. The quantitative estimate of drug-likeness (QED) is 0.546. The number of carbonyl (C=O) groups is 1. The van der Waals surface area contributed by atoms with Gasteiger partial charge in [-0.05, 0) is 44.2 Å². The van der Waals surface area contributed by atoms with E-state index in [0.29, 0.717) is 0 Å². The number of nitrogens with zero attached hydrogens (tertiary/aromatic N) is 4. The summed E-state index contributed by atoms with van der Waals surface area (Å²) in [6, 6.07) is 10.4. The van der Waals surface area contributed by atoms with Crippen molar-refractivity contribution in [1.29, 1.82) is 0 Å². The summed E-state index contributed by atoms with van der Waals surface area (Å²) in [6.45, 7) is 9.00. The molecule has 0 unspecified atom stereocenters. The van der Waals surface area contributed by atoms with E-state index in [1.54, 1.807) is 0 Å². The summed E-state index contributed by atoms with van der Waals surface area (Å²) in [7, 11) is 2.06. The smallest absolute Gasteiger partial charge is 0.244 e. The molecule has 0 aliphatic carbocycles. The average Bonchev–Trinajstić information content (AvgIpc) is 2.81. The summed E-state index contributed by atoms with van der Waals surface area (Å²) in [5.74, 6) is 1.66. The van der Waals surface area contributed by atoms with Crippen LogP contribution in [-0.4, -0.2) is 87.7 Å². The number of amides is 1. The number of guanidine groups is 1. The Bertz CT molecular complexity index is 667. The first-order valence-corrected chi connectivity index (χ1v) is 11.3. The van der Waals surface area contributed by atoms with Crippen molar-refractivity contribution in [2.75, 3.05) is 71.0 Å². The molecule has 2 aliphatic rings. The van der Waals surface area contributed by atoms with Crippen LogP contribution < -0.4 is 10.2 Å². The number of ether oxygens (including phenoxy) is 1. The third-order valence-corrected chi connectivity index (χ3v) is 6.03. The van der Waals surface area contributed by atoms with Gasteiger partial charge in [0.15, 0.2) is 5.96 Å². The monoisotopic (exact) mass is 415 g/mol. The second-order valence-electron chi connectivity index (χ2n) is 8.14. The standard InChI is InChI=1S/C23H37N5O2/c1-3-24-23(26(2)12-9-20-10-17-30-18-11-20)25-19-22(29)28-15-13-27(14-16-28)21-7-5-4-6-8-21/h4-8,20H,3,9-19H2,1-2H3,(H,24,25). The second-order valence-corrected chi connectivity index (χ2v) is 8.14. The van der Waals surface area contributed by atoms with Gasteiger partial charge in [-0.2, -0.15) is 0 Å². The Morgan fingerprint density at radius 1 is 1.17 bits per heavy atom. The van der Waals surface area contributed by atoms with Gasteiger partial charge in [0, 0.05) is 65.2 Å². The zero-order chi connectivity index (χ0) is 21.2. The summed E-state index contributed by atoms with van der Waals surface area (Å²) >= 11 is 0. The van der Waals surface area contributed by atoms with Crippen molar-refractivity contribution in [3.63, 3.8) is 0 Å².